The second-order valence-corrected chi connectivity index (χ2v) is 5.06. The van der Waals surface area contributed by atoms with Crippen LogP contribution in [0.3, 0.4) is 0 Å². The van der Waals surface area contributed by atoms with E-state index in [2.05, 4.69) is 5.32 Å². The van der Waals surface area contributed by atoms with Crippen molar-refractivity contribution in [2.24, 2.45) is 0 Å². The molecule has 4 nitrogen and oxygen atoms in total. The number of ether oxygens (including phenoxy) is 1. The van der Waals surface area contributed by atoms with Crippen LogP contribution >= 0.6 is 0 Å². The molecule has 0 aliphatic rings. The van der Waals surface area contributed by atoms with Crippen molar-refractivity contribution < 1.29 is 14.6 Å². The van der Waals surface area contributed by atoms with Gasteiger partial charge in [0.1, 0.15) is 5.75 Å². The van der Waals surface area contributed by atoms with Crippen LogP contribution in [0, 0.1) is 6.92 Å². The number of aliphatic hydroxyl groups excluding tert-OH is 1. The van der Waals surface area contributed by atoms with E-state index in [0.29, 0.717) is 19.4 Å². The van der Waals surface area contributed by atoms with Crippen molar-refractivity contribution in [1.29, 1.82) is 0 Å². The van der Waals surface area contributed by atoms with E-state index in [0.717, 1.165) is 11.3 Å². The van der Waals surface area contributed by atoms with Gasteiger partial charge in [-0.25, -0.2) is 0 Å². The first-order valence-electron chi connectivity index (χ1n) is 7.17. The first-order chi connectivity index (χ1) is 9.56. The standard InChI is InChI=1S/C16H25NO3/c1-4-16(5-2,12-18)17-15(19)10-11-20-14-9-7-6-8-13(14)3/h6-9,18H,4-5,10-12H2,1-3H3,(H,17,19). The second-order valence-electron chi connectivity index (χ2n) is 5.06. The minimum atomic E-state index is -0.500. The highest BCUT2D eigenvalue weighted by Gasteiger charge is 2.26. The van der Waals surface area contributed by atoms with Gasteiger partial charge in [0.15, 0.2) is 0 Å². The average Bonchev–Trinajstić information content (AvgIpc) is 2.47. The number of rotatable bonds is 8. The first-order valence-corrected chi connectivity index (χ1v) is 7.17. The predicted octanol–water partition coefficient (Wildman–Crippen LogP) is 2.43. The largest absolute Gasteiger partial charge is 0.493 e. The van der Waals surface area contributed by atoms with Crippen molar-refractivity contribution in [3.8, 4) is 5.75 Å². The molecule has 1 aromatic carbocycles. The van der Waals surface area contributed by atoms with E-state index in [1.165, 1.54) is 0 Å². The van der Waals surface area contributed by atoms with Gasteiger partial charge < -0.3 is 15.2 Å². The van der Waals surface area contributed by atoms with Gasteiger partial charge in [0.2, 0.25) is 5.91 Å². The highest BCUT2D eigenvalue weighted by molar-refractivity contribution is 5.76. The molecule has 20 heavy (non-hydrogen) atoms. The number of aryl methyl sites for hydroxylation is 1. The summed E-state index contributed by atoms with van der Waals surface area (Å²) in [6, 6.07) is 7.73. The average molecular weight is 279 g/mol. The number of amides is 1. The summed E-state index contributed by atoms with van der Waals surface area (Å²) >= 11 is 0. The van der Waals surface area contributed by atoms with E-state index >= 15 is 0 Å². The lowest BCUT2D eigenvalue weighted by Gasteiger charge is -2.30. The number of hydrogen-bond acceptors (Lipinski definition) is 3. The summed E-state index contributed by atoms with van der Waals surface area (Å²) in [6.07, 6.45) is 1.71. The molecule has 2 N–H and O–H groups in total. The highest BCUT2D eigenvalue weighted by Crippen LogP contribution is 2.17. The predicted molar refractivity (Wildman–Crippen MR) is 79.8 cm³/mol. The van der Waals surface area contributed by atoms with Gasteiger partial charge in [-0.15, -0.1) is 0 Å². The van der Waals surface area contributed by atoms with Crippen LogP contribution in [0.2, 0.25) is 0 Å². The molecule has 0 bridgehead atoms. The molecule has 0 saturated heterocycles. The molecule has 0 saturated carbocycles. The molecule has 0 unspecified atom stereocenters. The van der Waals surface area contributed by atoms with E-state index in [9.17, 15) is 9.90 Å². The van der Waals surface area contributed by atoms with Crippen molar-refractivity contribution in [3.63, 3.8) is 0 Å². The van der Waals surface area contributed by atoms with Crippen molar-refractivity contribution in [3.05, 3.63) is 29.8 Å². The number of carbonyl (C=O) groups excluding carboxylic acids is 1. The van der Waals surface area contributed by atoms with E-state index < -0.39 is 5.54 Å². The smallest absolute Gasteiger partial charge is 0.223 e. The third-order valence-corrected chi connectivity index (χ3v) is 3.74. The molecule has 0 aliphatic carbocycles. The SMILES string of the molecule is CCC(CC)(CO)NC(=O)CCOc1ccccc1C. The molecule has 1 amide bonds. The third-order valence-electron chi connectivity index (χ3n) is 3.74. The van der Waals surface area contributed by atoms with E-state index in [4.69, 9.17) is 4.74 Å². The molecule has 0 heterocycles. The number of nitrogens with one attached hydrogen (secondary N) is 1. The molecule has 0 fully saturated rings. The lowest BCUT2D eigenvalue weighted by molar-refractivity contribution is -0.124. The van der Waals surface area contributed by atoms with E-state index in [1.54, 1.807) is 0 Å². The summed E-state index contributed by atoms with van der Waals surface area (Å²) in [4.78, 5) is 11.9. The molecule has 0 aromatic heterocycles. The molecule has 112 valence electrons. The summed E-state index contributed by atoms with van der Waals surface area (Å²) in [7, 11) is 0. The Kier molecular flexibility index (Phi) is 6.52. The highest BCUT2D eigenvalue weighted by atomic mass is 16.5. The van der Waals surface area contributed by atoms with Crippen LogP contribution in [0.15, 0.2) is 24.3 Å². The van der Waals surface area contributed by atoms with Gasteiger partial charge in [-0.1, -0.05) is 32.0 Å². The Labute approximate surface area is 121 Å². The van der Waals surface area contributed by atoms with Crippen molar-refractivity contribution in [2.45, 2.75) is 45.6 Å². The van der Waals surface area contributed by atoms with Crippen LogP contribution < -0.4 is 10.1 Å². The fraction of sp³-hybridized carbons (Fsp3) is 0.562. The van der Waals surface area contributed by atoms with Crippen molar-refractivity contribution >= 4 is 5.91 Å². The normalized spacial score (nSPS) is 11.2. The second kappa shape index (κ2) is 7.90. The number of benzene rings is 1. The minimum absolute atomic E-state index is 0.0373. The molecule has 0 aliphatic heterocycles. The zero-order valence-electron chi connectivity index (χ0n) is 12.6. The molecule has 0 atom stereocenters. The Morgan fingerprint density at radius 3 is 2.50 bits per heavy atom. The summed E-state index contributed by atoms with van der Waals surface area (Å²) in [6.45, 7) is 6.20. The Balaban J connectivity index is 2.42. The van der Waals surface area contributed by atoms with Gasteiger partial charge in [0.05, 0.1) is 25.2 Å². The zero-order valence-corrected chi connectivity index (χ0v) is 12.6. The summed E-state index contributed by atoms with van der Waals surface area (Å²) < 4.78 is 5.60. The fourth-order valence-corrected chi connectivity index (χ4v) is 2.02. The summed E-state index contributed by atoms with van der Waals surface area (Å²) in [5.74, 6) is 0.719. The first kappa shape index (κ1) is 16.5. The number of aliphatic hydroxyl groups is 1. The fourth-order valence-electron chi connectivity index (χ4n) is 2.02. The number of carbonyl (C=O) groups is 1. The van der Waals surface area contributed by atoms with Gasteiger partial charge in [0.25, 0.3) is 0 Å². The van der Waals surface area contributed by atoms with Crippen LogP contribution in [0.25, 0.3) is 0 Å². The van der Waals surface area contributed by atoms with Crippen LogP contribution in [0.5, 0.6) is 5.75 Å². The van der Waals surface area contributed by atoms with Gasteiger partial charge in [-0.2, -0.15) is 0 Å². The number of para-hydroxylation sites is 1. The Bertz CT molecular complexity index is 419. The van der Waals surface area contributed by atoms with Crippen LogP contribution in [0.1, 0.15) is 38.7 Å². The molecular formula is C16H25NO3. The van der Waals surface area contributed by atoms with Crippen LogP contribution in [-0.4, -0.2) is 29.8 Å². The third kappa shape index (κ3) is 4.53. The van der Waals surface area contributed by atoms with Crippen molar-refractivity contribution in [1.82, 2.24) is 5.32 Å². The maximum absolute atomic E-state index is 11.9. The van der Waals surface area contributed by atoms with E-state index in [-0.39, 0.29) is 18.9 Å². The summed E-state index contributed by atoms with van der Waals surface area (Å²) in [5, 5.41) is 12.3. The molecule has 1 rings (SSSR count). The van der Waals surface area contributed by atoms with Crippen molar-refractivity contribution in [2.75, 3.05) is 13.2 Å². The van der Waals surface area contributed by atoms with Crippen LogP contribution in [0.4, 0.5) is 0 Å². The monoisotopic (exact) mass is 279 g/mol. The number of hydrogen-bond donors (Lipinski definition) is 2. The van der Waals surface area contributed by atoms with Gasteiger partial charge in [0, 0.05) is 0 Å². The molecular weight excluding hydrogens is 254 g/mol. The minimum Gasteiger partial charge on any atom is -0.493 e. The maximum Gasteiger partial charge on any atom is 0.223 e. The maximum atomic E-state index is 11.9. The molecule has 0 radical (unpaired) electrons. The Morgan fingerprint density at radius 2 is 1.95 bits per heavy atom. The topological polar surface area (TPSA) is 58.6 Å². The summed E-state index contributed by atoms with van der Waals surface area (Å²) in [5.41, 5.74) is 0.555. The molecule has 1 aromatic rings. The lowest BCUT2D eigenvalue weighted by atomic mass is 9.94. The van der Waals surface area contributed by atoms with E-state index in [1.807, 2.05) is 45.0 Å². The van der Waals surface area contributed by atoms with Gasteiger partial charge in [-0.05, 0) is 31.4 Å². The molecule has 0 spiro atoms. The van der Waals surface area contributed by atoms with Gasteiger partial charge in [-0.3, -0.25) is 4.79 Å². The molecule has 4 heteroatoms. The Morgan fingerprint density at radius 1 is 1.30 bits per heavy atom. The van der Waals surface area contributed by atoms with Crippen LogP contribution in [-0.2, 0) is 4.79 Å². The Hall–Kier alpha value is -1.55. The van der Waals surface area contributed by atoms with Gasteiger partial charge >= 0.3 is 0 Å². The lowest BCUT2D eigenvalue weighted by Crippen LogP contribution is -2.50. The zero-order chi connectivity index (χ0) is 15.0. The quantitative estimate of drug-likeness (QED) is 0.768.